The molecule has 1 aliphatic heterocycles. The van der Waals surface area contributed by atoms with Crippen LogP contribution in [0.1, 0.15) is 37.9 Å². The number of hydrogen-bond donors (Lipinski definition) is 0. The van der Waals surface area contributed by atoms with Gasteiger partial charge in [-0.2, -0.15) is 0 Å². The average Bonchev–Trinajstić information content (AvgIpc) is 3.33. The zero-order chi connectivity index (χ0) is 26.4. The largest absolute Gasteiger partial charge is 0.496 e. The highest BCUT2D eigenvalue weighted by atomic mass is 79.9. The fraction of sp³-hybridized carbons (Fsp3) is 0.250. The van der Waals surface area contributed by atoms with Crippen molar-refractivity contribution in [3.05, 3.63) is 95.2 Å². The number of carbonyl (C=O) groups excluding carboxylic acids is 1. The Kier molecular flexibility index (Phi) is 6.68. The predicted octanol–water partition coefficient (Wildman–Crippen LogP) is 4.45. The van der Waals surface area contributed by atoms with Crippen molar-refractivity contribution in [2.45, 2.75) is 32.9 Å². The molecular weight excluding hydrogens is 554 g/mol. The molecule has 1 atom stereocenters. The Hall–Kier alpha value is -3.43. The molecule has 0 amide bonds. The summed E-state index contributed by atoms with van der Waals surface area (Å²) in [5.74, 6) is 0.0491. The Balaban J connectivity index is 1.78. The second kappa shape index (κ2) is 9.79. The Labute approximate surface area is 226 Å². The molecule has 3 heterocycles. The number of fused-ring (bicyclic) bond motifs is 2. The van der Waals surface area contributed by atoms with Gasteiger partial charge in [0.15, 0.2) is 4.80 Å². The maximum atomic E-state index is 14.0. The van der Waals surface area contributed by atoms with Crippen LogP contribution in [0.25, 0.3) is 17.0 Å². The summed E-state index contributed by atoms with van der Waals surface area (Å²) in [5.41, 5.74) is 3.28. The molecule has 0 spiro atoms. The third-order valence-electron chi connectivity index (χ3n) is 6.29. The van der Waals surface area contributed by atoms with E-state index in [1.807, 2.05) is 66.4 Å². The van der Waals surface area contributed by atoms with Crippen molar-refractivity contribution < 1.29 is 14.3 Å². The highest BCUT2D eigenvalue weighted by molar-refractivity contribution is 9.10. The van der Waals surface area contributed by atoms with Crippen molar-refractivity contribution >= 4 is 50.2 Å². The van der Waals surface area contributed by atoms with Crippen LogP contribution in [0.4, 0.5) is 0 Å². The fourth-order valence-corrected chi connectivity index (χ4v) is 6.12. The number of aryl methyl sites for hydroxylation is 1. The lowest BCUT2D eigenvalue weighted by atomic mass is 9.95. The molecule has 0 unspecified atom stereocenters. The number of halogens is 1. The number of carbonyl (C=O) groups is 1. The summed E-state index contributed by atoms with van der Waals surface area (Å²) in [6.07, 6.45) is 3.58. The Bertz CT molecular complexity index is 1760. The van der Waals surface area contributed by atoms with Gasteiger partial charge in [-0.05, 0) is 51.1 Å². The van der Waals surface area contributed by atoms with Crippen LogP contribution in [0.2, 0.25) is 0 Å². The van der Waals surface area contributed by atoms with Gasteiger partial charge in [-0.25, -0.2) is 9.79 Å². The second-order valence-corrected chi connectivity index (χ2v) is 11.1. The van der Waals surface area contributed by atoms with E-state index in [1.165, 1.54) is 11.3 Å². The van der Waals surface area contributed by atoms with Gasteiger partial charge < -0.3 is 14.0 Å². The third-order valence-corrected chi connectivity index (χ3v) is 7.76. The molecule has 4 aromatic rings. The molecule has 2 aromatic heterocycles. The molecule has 5 rings (SSSR count). The highest BCUT2D eigenvalue weighted by Crippen LogP contribution is 2.37. The van der Waals surface area contributed by atoms with E-state index in [2.05, 4.69) is 20.9 Å². The molecule has 0 saturated carbocycles. The fourth-order valence-electron chi connectivity index (χ4n) is 4.70. The topological polar surface area (TPSA) is 74.8 Å². The molecule has 0 saturated heterocycles. The first kappa shape index (κ1) is 25.2. The first-order chi connectivity index (χ1) is 17.7. The minimum absolute atomic E-state index is 0.231. The van der Waals surface area contributed by atoms with Crippen molar-refractivity contribution in [2.75, 3.05) is 7.11 Å². The molecule has 1 aliphatic rings. The van der Waals surface area contributed by atoms with Crippen LogP contribution in [-0.2, 0) is 16.6 Å². The van der Waals surface area contributed by atoms with Gasteiger partial charge in [0.2, 0.25) is 0 Å². The molecule has 37 heavy (non-hydrogen) atoms. The molecule has 9 heteroatoms. The van der Waals surface area contributed by atoms with E-state index in [0.717, 1.165) is 20.9 Å². The van der Waals surface area contributed by atoms with Crippen molar-refractivity contribution in [2.24, 2.45) is 12.0 Å². The summed E-state index contributed by atoms with van der Waals surface area (Å²) in [6, 6.07) is 12.8. The maximum Gasteiger partial charge on any atom is 0.338 e. The Morgan fingerprint density at radius 2 is 1.97 bits per heavy atom. The molecule has 0 radical (unpaired) electrons. The lowest BCUT2D eigenvalue weighted by Gasteiger charge is -2.26. The normalized spacial score (nSPS) is 15.8. The lowest BCUT2D eigenvalue weighted by Crippen LogP contribution is -2.40. The van der Waals surface area contributed by atoms with E-state index in [9.17, 15) is 9.59 Å². The van der Waals surface area contributed by atoms with E-state index in [1.54, 1.807) is 32.4 Å². The van der Waals surface area contributed by atoms with Gasteiger partial charge in [0.05, 0.1) is 29.0 Å². The second-order valence-electron chi connectivity index (χ2n) is 9.13. The Morgan fingerprint density at radius 3 is 2.70 bits per heavy atom. The molecule has 0 aliphatic carbocycles. The van der Waals surface area contributed by atoms with Gasteiger partial charge in [0.25, 0.3) is 5.56 Å². The molecule has 190 valence electrons. The van der Waals surface area contributed by atoms with Crippen molar-refractivity contribution in [3.63, 3.8) is 0 Å². The number of esters is 1. The first-order valence-electron chi connectivity index (χ1n) is 11.8. The van der Waals surface area contributed by atoms with Gasteiger partial charge >= 0.3 is 5.97 Å². The number of hydrogen-bond acceptors (Lipinski definition) is 6. The summed E-state index contributed by atoms with van der Waals surface area (Å²) in [7, 11) is 3.55. The molecule has 2 aromatic carbocycles. The van der Waals surface area contributed by atoms with Gasteiger partial charge in [-0.1, -0.05) is 45.5 Å². The predicted molar refractivity (Wildman–Crippen MR) is 149 cm³/mol. The lowest BCUT2D eigenvalue weighted by molar-refractivity contribution is -0.143. The van der Waals surface area contributed by atoms with Gasteiger partial charge in [-0.3, -0.25) is 9.36 Å². The number of benzene rings is 2. The van der Waals surface area contributed by atoms with E-state index < -0.39 is 12.0 Å². The average molecular weight is 581 g/mol. The molecule has 0 fully saturated rings. The summed E-state index contributed by atoms with van der Waals surface area (Å²) >= 11 is 4.84. The third kappa shape index (κ3) is 4.46. The number of rotatable bonds is 5. The summed E-state index contributed by atoms with van der Waals surface area (Å²) in [4.78, 5) is 32.5. The molecule has 0 bridgehead atoms. The van der Waals surface area contributed by atoms with Gasteiger partial charge in [-0.15, -0.1) is 0 Å². The maximum absolute atomic E-state index is 14.0. The zero-order valence-electron chi connectivity index (χ0n) is 21.1. The number of thiazole rings is 1. The summed E-state index contributed by atoms with van der Waals surface area (Å²) in [5, 5.41) is 1.05. The van der Waals surface area contributed by atoms with Crippen LogP contribution in [0, 0.1) is 0 Å². The number of para-hydroxylation sites is 1. The molecule has 0 N–H and O–H groups in total. The van der Waals surface area contributed by atoms with Crippen LogP contribution >= 0.6 is 27.3 Å². The van der Waals surface area contributed by atoms with Gasteiger partial charge in [0.1, 0.15) is 11.8 Å². The smallest absolute Gasteiger partial charge is 0.338 e. The van der Waals surface area contributed by atoms with E-state index >= 15 is 0 Å². The zero-order valence-corrected chi connectivity index (χ0v) is 23.5. The molecular formula is C28H26BrN3O4S. The summed E-state index contributed by atoms with van der Waals surface area (Å²) in [6.45, 7) is 5.36. The van der Waals surface area contributed by atoms with Crippen LogP contribution in [0.5, 0.6) is 5.75 Å². The molecule has 7 nitrogen and oxygen atoms in total. The Morgan fingerprint density at radius 1 is 1.22 bits per heavy atom. The SMILES string of the molecule is COc1ccc(Br)cc1[C@@H]1C(C(=O)OC(C)C)=C(C)N=c2s/c(=C\c3cn(C)c4ccccc34)c(=O)n21. The number of aromatic nitrogens is 2. The van der Waals surface area contributed by atoms with Crippen LogP contribution < -0.4 is 19.6 Å². The first-order valence-corrected chi connectivity index (χ1v) is 13.4. The van der Waals surface area contributed by atoms with E-state index in [-0.39, 0.29) is 11.7 Å². The minimum Gasteiger partial charge on any atom is -0.496 e. The van der Waals surface area contributed by atoms with E-state index in [0.29, 0.717) is 31.9 Å². The summed E-state index contributed by atoms with van der Waals surface area (Å²) < 4.78 is 16.2. The monoisotopic (exact) mass is 579 g/mol. The van der Waals surface area contributed by atoms with E-state index in [4.69, 9.17) is 9.47 Å². The highest BCUT2D eigenvalue weighted by Gasteiger charge is 2.35. The van der Waals surface area contributed by atoms with Crippen LogP contribution in [-0.4, -0.2) is 28.3 Å². The number of nitrogens with zero attached hydrogens (tertiary/aromatic N) is 3. The van der Waals surface area contributed by atoms with Gasteiger partial charge in [0, 0.05) is 39.7 Å². The standard InChI is InChI=1S/C28H26BrN3O4S/c1-15(2)36-27(34)24-16(3)30-28-32(25(24)20-13-18(29)10-11-22(20)35-5)26(33)23(37-28)12-17-14-31(4)21-9-7-6-8-19(17)21/h6-15,25H,1-5H3/b23-12-/t25-/m1/s1. The number of ether oxygens (including phenoxy) is 2. The van der Waals surface area contributed by atoms with Crippen LogP contribution in [0.3, 0.4) is 0 Å². The number of methoxy groups -OCH3 is 1. The van der Waals surface area contributed by atoms with Crippen molar-refractivity contribution in [3.8, 4) is 5.75 Å². The van der Waals surface area contributed by atoms with Crippen molar-refractivity contribution in [1.29, 1.82) is 0 Å². The van der Waals surface area contributed by atoms with Crippen LogP contribution in [0.15, 0.2) is 74.2 Å². The quantitative estimate of drug-likeness (QED) is 0.327. The number of allylic oxidation sites excluding steroid dienone is 1. The van der Waals surface area contributed by atoms with Crippen molar-refractivity contribution in [1.82, 2.24) is 9.13 Å². The minimum atomic E-state index is -0.760.